The van der Waals surface area contributed by atoms with Gasteiger partial charge in [-0.05, 0) is 46.8 Å². The maximum atomic E-state index is 10.6. The van der Waals surface area contributed by atoms with E-state index in [1.165, 1.54) is 83.5 Å². The lowest BCUT2D eigenvalue weighted by atomic mass is 10.0. The third-order valence-corrected chi connectivity index (χ3v) is 5.64. The molecule has 0 bridgehead atoms. The van der Waals surface area contributed by atoms with E-state index >= 15 is 0 Å². The second kappa shape index (κ2) is 25.9. The highest BCUT2D eigenvalue weighted by molar-refractivity contribution is 5.91. The van der Waals surface area contributed by atoms with Gasteiger partial charge in [0, 0.05) is 12.0 Å². The molecule has 0 saturated carbocycles. The van der Waals surface area contributed by atoms with E-state index in [1.54, 1.807) is 6.92 Å². The van der Waals surface area contributed by atoms with Crippen molar-refractivity contribution in [1.82, 2.24) is 4.90 Å². The average Bonchev–Trinajstić information content (AvgIpc) is 2.74. The molecule has 0 atom stereocenters. The predicted octanol–water partition coefficient (Wildman–Crippen LogP) is 7.09. The summed E-state index contributed by atoms with van der Waals surface area (Å²) in [6.07, 6.45) is 24.1. The Hall–Kier alpha value is -1.36. The van der Waals surface area contributed by atoms with Gasteiger partial charge in [0.1, 0.15) is 0 Å². The molecule has 5 nitrogen and oxygen atoms in total. The number of carbonyl (C=O) groups is 2. The summed E-state index contributed by atoms with van der Waals surface area (Å²) < 4.78 is 0. The molecule has 0 unspecified atom stereocenters. The largest absolute Gasteiger partial charge is 0.481 e. The molecule has 190 valence electrons. The van der Waals surface area contributed by atoms with Crippen molar-refractivity contribution in [2.75, 3.05) is 20.6 Å². The number of nitrogens with two attached hydrogens (primary N) is 1. The molecule has 5 heteroatoms. The molecular weight excluding hydrogens is 400 g/mol. The van der Waals surface area contributed by atoms with Crippen LogP contribution >= 0.6 is 0 Å². The monoisotopic (exact) mass is 454 g/mol. The lowest BCUT2D eigenvalue weighted by Crippen LogP contribution is -2.13. The van der Waals surface area contributed by atoms with Crippen LogP contribution in [-0.2, 0) is 9.59 Å². The standard InChI is InChI=1S/C18H36O2.C9H18N2O/c1-2-3-4-5-6-7-8-9-10-11-12-13-14-15-16-17-18(19)20;1-8(9(10)12)6-4-5-7-11(2)3/h2-17H2,1H3,(H,19,20);6H,4-5,7H2,1-3H3,(H2,10,12). The highest BCUT2D eigenvalue weighted by atomic mass is 16.4. The molecule has 3 N–H and O–H groups in total. The van der Waals surface area contributed by atoms with Gasteiger partial charge in [-0.2, -0.15) is 0 Å². The van der Waals surface area contributed by atoms with Crippen molar-refractivity contribution in [3.63, 3.8) is 0 Å². The Balaban J connectivity index is 0. The third-order valence-electron chi connectivity index (χ3n) is 5.64. The zero-order valence-corrected chi connectivity index (χ0v) is 21.8. The van der Waals surface area contributed by atoms with Crippen molar-refractivity contribution in [2.24, 2.45) is 5.73 Å². The van der Waals surface area contributed by atoms with Crippen molar-refractivity contribution in [2.45, 2.75) is 129 Å². The average molecular weight is 455 g/mol. The topological polar surface area (TPSA) is 83.6 Å². The van der Waals surface area contributed by atoms with E-state index in [1.807, 2.05) is 20.2 Å². The molecule has 0 aliphatic rings. The first-order valence-electron chi connectivity index (χ1n) is 13.1. The molecular formula is C27H54N2O3. The van der Waals surface area contributed by atoms with Crippen LogP contribution in [0.25, 0.3) is 0 Å². The van der Waals surface area contributed by atoms with Gasteiger partial charge in [0.05, 0.1) is 0 Å². The maximum Gasteiger partial charge on any atom is 0.303 e. The number of nitrogens with zero attached hydrogens (tertiary/aromatic N) is 1. The highest BCUT2D eigenvalue weighted by Crippen LogP contribution is 2.13. The van der Waals surface area contributed by atoms with Gasteiger partial charge in [0.15, 0.2) is 0 Å². The Bertz CT molecular complexity index is 462. The van der Waals surface area contributed by atoms with Crippen molar-refractivity contribution in [3.05, 3.63) is 11.6 Å². The first kappa shape index (κ1) is 32.8. The van der Waals surface area contributed by atoms with Crippen molar-refractivity contribution >= 4 is 11.9 Å². The molecule has 0 aliphatic carbocycles. The number of rotatable bonds is 21. The van der Waals surface area contributed by atoms with Gasteiger partial charge < -0.3 is 15.7 Å². The summed E-state index contributed by atoms with van der Waals surface area (Å²) in [7, 11) is 4.06. The summed E-state index contributed by atoms with van der Waals surface area (Å²) in [5.41, 5.74) is 5.72. The normalized spacial score (nSPS) is 11.3. The third kappa shape index (κ3) is 30.8. The molecule has 1 amide bonds. The Morgan fingerprint density at radius 2 is 1.16 bits per heavy atom. The summed E-state index contributed by atoms with van der Waals surface area (Å²) in [4.78, 5) is 23.0. The van der Waals surface area contributed by atoms with Crippen LogP contribution in [0.3, 0.4) is 0 Å². The van der Waals surface area contributed by atoms with Crippen LogP contribution in [0.5, 0.6) is 0 Å². The van der Waals surface area contributed by atoms with Crippen LogP contribution < -0.4 is 5.73 Å². The lowest BCUT2D eigenvalue weighted by Gasteiger charge is -2.06. The molecule has 0 aromatic heterocycles. The highest BCUT2D eigenvalue weighted by Gasteiger charge is 1.97. The number of aliphatic carboxylic acids is 1. The van der Waals surface area contributed by atoms with Gasteiger partial charge in [-0.3, -0.25) is 9.59 Å². The number of carbonyl (C=O) groups excluding carboxylic acids is 1. The summed E-state index contributed by atoms with van der Waals surface area (Å²) in [6, 6.07) is 0. The van der Waals surface area contributed by atoms with E-state index in [2.05, 4.69) is 11.8 Å². The van der Waals surface area contributed by atoms with Gasteiger partial charge in [0.2, 0.25) is 5.91 Å². The molecule has 0 spiro atoms. The maximum absolute atomic E-state index is 10.6. The SMILES string of the molecule is CC(=CCCCN(C)C)C(N)=O.CCCCCCCCCCCCCCCCCC(=O)O. The number of carboxylic acid groups (broad SMARTS) is 1. The van der Waals surface area contributed by atoms with Crippen molar-refractivity contribution < 1.29 is 14.7 Å². The summed E-state index contributed by atoms with van der Waals surface area (Å²) >= 11 is 0. The van der Waals surface area contributed by atoms with Crippen LogP contribution in [0.2, 0.25) is 0 Å². The Labute approximate surface area is 199 Å². The second-order valence-corrected chi connectivity index (χ2v) is 9.29. The van der Waals surface area contributed by atoms with E-state index in [4.69, 9.17) is 10.8 Å². The minimum atomic E-state index is -0.653. The Morgan fingerprint density at radius 1 is 0.750 bits per heavy atom. The molecule has 0 aromatic rings. The first-order valence-corrected chi connectivity index (χ1v) is 13.1. The molecule has 0 aromatic carbocycles. The van der Waals surface area contributed by atoms with E-state index in [0.29, 0.717) is 12.0 Å². The quantitative estimate of drug-likeness (QED) is 0.143. The summed E-state index contributed by atoms with van der Waals surface area (Å²) in [6.45, 7) is 5.06. The van der Waals surface area contributed by atoms with Gasteiger partial charge in [-0.1, -0.05) is 103 Å². The minimum Gasteiger partial charge on any atom is -0.481 e. The van der Waals surface area contributed by atoms with Gasteiger partial charge in [-0.15, -0.1) is 0 Å². The minimum absolute atomic E-state index is 0.320. The van der Waals surface area contributed by atoms with Gasteiger partial charge in [-0.25, -0.2) is 0 Å². The molecule has 0 radical (unpaired) electrons. The van der Waals surface area contributed by atoms with E-state index < -0.39 is 5.97 Å². The summed E-state index contributed by atoms with van der Waals surface area (Å²) in [5, 5.41) is 8.52. The molecule has 32 heavy (non-hydrogen) atoms. The van der Waals surface area contributed by atoms with Crippen LogP contribution in [0.4, 0.5) is 0 Å². The first-order chi connectivity index (χ1) is 15.3. The molecule has 0 fully saturated rings. The fraction of sp³-hybridized carbons (Fsp3) is 0.852. The van der Waals surface area contributed by atoms with Crippen LogP contribution in [0.15, 0.2) is 11.6 Å². The van der Waals surface area contributed by atoms with E-state index in [9.17, 15) is 9.59 Å². The number of allylic oxidation sites excluding steroid dienone is 1. The number of primary amides is 1. The lowest BCUT2D eigenvalue weighted by molar-refractivity contribution is -0.137. The number of unbranched alkanes of at least 4 members (excludes halogenated alkanes) is 15. The molecule has 0 saturated heterocycles. The predicted molar refractivity (Wildman–Crippen MR) is 138 cm³/mol. The van der Waals surface area contributed by atoms with Crippen LogP contribution in [0, 0.1) is 0 Å². The Kier molecular flexibility index (Phi) is 26.6. The molecule has 0 rings (SSSR count). The van der Waals surface area contributed by atoms with Crippen molar-refractivity contribution in [1.29, 1.82) is 0 Å². The number of amides is 1. The van der Waals surface area contributed by atoms with E-state index in [-0.39, 0.29) is 5.91 Å². The van der Waals surface area contributed by atoms with Gasteiger partial charge in [0.25, 0.3) is 0 Å². The summed E-state index contributed by atoms with van der Waals surface area (Å²) in [5.74, 6) is -0.973. The fourth-order valence-electron chi connectivity index (χ4n) is 3.47. The van der Waals surface area contributed by atoms with Crippen LogP contribution in [0.1, 0.15) is 129 Å². The van der Waals surface area contributed by atoms with Gasteiger partial charge >= 0.3 is 5.97 Å². The molecule has 0 aliphatic heterocycles. The molecule has 0 heterocycles. The zero-order chi connectivity index (χ0) is 24.5. The van der Waals surface area contributed by atoms with Crippen molar-refractivity contribution in [3.8, 4) is 0 Å². The number of hydrogen-bond donors (Lipinski definition) is 2. The van der Waals surface area contributed by atoms with Crippen LogP contribution in [-0.4, -0.2) is 42.5 Å². The Morgan fingerprint density at radius 3 is 1.50 bits per heavy atom. The zero-order valence-electron chi connectivity index (χ0n) is 21.8. The number of carboxylic acids is 1. The van der Waals surface area contributed by atoms with E-state index in [0.717, 1.165) is 32.2 Å². The second-order valence-electron chi connectivity index (χ2n) is 9.29. The number of hydrogen-bond acceptors (Lipinski definition) is 3. The smallest absolute Gasteiger partial charge is 0.303 e. The fourth-order valence-corrected chi connectivity index (χ4v) is 3.47.